The number of rotatable bonds is 4. The molecule has 0 saturated carbocycles. The van der Waals surface area contributed by atoms with Crippen molar-refractivity contribution in [2.75, 3.05) is 23.8 Å². The van der Waals surface area contributed by atoms with Crippen LogP contribution in [-0.2, 0) is 16.0 Å². The Kier molecular flexibility index (Phi) is 5.53. The minimum Gasteiger partial charge on any atom is -0.490 e. The number of carbonyl (C=O) groups is 2. The van der Waals surface area contributed by atoms with Crippen LogP contribution in [0.2, 0.25) is 0 Å². The summed E-state index contributed by atoms with van der Waals surface area (Å²) in [6.07, 6.45) is 2.46. The third-order valence-electron chi connectivity index (χ3n) is 5.50. The van der Waals surface area contributed by atoms with Gasteiger partial charge >= 0.3 is 0 Å². The molecule has 2 N–H and O–H groups in total. The van der Waals surface area contributed by atoms with E-state index in [-0.39, 0.29) is 23.8 Å². The third-order valence-corrected chi connectivity index (χ3v) is 5.50. The van der Waals surface area contributed by atoms with E-state index in [0.717, 1.165) is 41.8 Å². The third kappa shape index (κ3) is 4.43. The Labute approximate surface area is 170 Å². The second-order valence-corrected chi connectivity index (χ2v) is 7.81. The van der Waals surface area contributed by atoms with Gasteiger partial charge in [0.25, 0.3) is 5.91 Å². The van der Waals surface area contributed by atoms with Gasteiger partial charge in [-0.05, 0) is 68.1 Å². The molecule has 1 unspecified atom stereocenters. The molecule has 29 heavy (non-hydrogen) atoms. The van der Waals surface area contributed by atoms with Gasteiger partial charge in [-0.2, -0.15) is 0 Å². The number of amides is 2. The van der Waals surface area contributed by atoms with Gasteiger partial charge in [-0.25, -0.2) is 0 Å². The summed E-state index contributed by atoms with van der Waals surface area (Å²) in [6.45, 7) is 5.18. The monoisotopic (exact) mass is 394 g/mol. The summed E-state index contributed by atoms with van der Waals surface area (Å²) in [6, 6.07) is 11.1. The van der Waals surface area contributed by atoms with Crippen LogP contribution in [0.15, 0.2) is 36.4 Å². The molecule has 6 heteroatoms. The summed E-state index contributed by atoms with van der Waals surface area (Å²) in [5.74, 6) is 0.612. The van der Waals surface area contributed by atoms with Crippen molar-refractivity contribution in [3.05, 3.63) is 53.1 Å². The lowest BCUT2D eigenvalue weighted by atomic mass is 9.99. The van der Waals surface area contributed by atoms with Crippen molar-refractivity contribution in [2.24, 2.45) is 5.92 Å². The average Bonchev–Trinajstić information content (AvgIpc) is 3.09. The van der Waals surface area contributed by atoms with E-state index in [4.69, 9.17) is 9.47 Å². The summed E-state index contributed by atoms with van der Waals surface area (Å²) in [7, 11) is 0. The number of ether oxygens (including phenoxy) is 2. The molecule has 0 aliphatic carbocycles. The molecule has 4 rings (SSSR count). The fraction of sp³-hybridized carbons (Fsp3) is 0.391. The largest absolute Gasteiger partial charge is 0.490 e. The van der Waals surface area contributed by atoms with Gasteiger partial charge in [0, 0.05) is 42.5 Å². The van der Waals surface area contributed by atoms with E-state index in [9.17, 15) is 9.59 Å². The summed E-state index contributed by atoms with van der Waals surface area (Å²) < 4.78 is 11.0. The fourth-order valence-electron chi connectivity index (χ4n) is 3.80. The molecule has 2 aliphatic heterocycles. The maximum Gasteiger partial charge on any atom is 0.255 e. The van der Waals surface area contributed by atoms with E-state index in [1.807, 2.05) is 38.1 Å². The van der Waals surface area contributed by atoms with E-state index in [2.05, 4.69) is 10.6 Å². The van der Waals surface area contributed by atoms with Gasteiger partial charge in [0.05, 0.1) is 0 Å². The maximum atomic E-state index is 12.8. The lowest BCUT2D eigenvalue weighted by Crippen LogP contribution is -2.28. The Morgan fingerprint density at radius 1 is 1.03 bits per heavy atom. The van der Waals surface area contributed by atoms with E-state index in [1.165, 1.54) is 0 Å². The van der Waals surface area contributed by atoms with E-state index in [0.29, 0.717) is 24.5 Å². The second kappa shape index (κ2) is 8.25. The number of hydrogen-bond acceptors (Lipinski definition) is 4. The molecule has 2 aliphatic rings. The van der Waals surface area contributed by atoms with Gasteiger partial charge in [-0.3, -0.25) is 9.59 Å². The molecular weight excluding hydrogens is 368 g/mol. The normalized spacial score (nSPS) is 18.6. The average molecular weight is 394 g/mol. The molecule has 1 fully saturated rings. The summed E-state index contributed by atoms with van der Waals surface area (Å²) in [5, 5.41) is 5.93. The maximum absolute atomic E-state index is 12.8. The van der Waals surface area contributed by atoms with Crippen molar-refractivity contribution in [1.29, 1.82) is 0 Å². The highest BCUT2D eigenvalue weighted by Gasteiger charge is 2.23. The Morgan fingerprint density at radius 2 is 1.83 bits per heavy atom. The molecule has 2 amide bonds. The molecule has 2 heterocycles. The molecule has 152 valence electrons. The molecule has 1 saturated heterocycles. The van der Waals surface area contributed by atoms with Crippen molar-refractivity contribution in [2.45, 2.75) is 39.2 Å². The van der Waals surface area contributed by atoms with Crippen LogP contribution < -0.4 is 15.4 Å². The zero-order chi connectivity index (χ0) is 20.4. The standard InChI is InChI=1S/C23H26N2O4/c1-14-3-4-17(13-20(14)25-22(26)16-7-9-28-10-8-16)23(27)24-19-5-6-21-18(12-19)11-15(2)29-21/h3-6,12-13,15-16H,7-11H2,1-2H3,(H,24,27)(H,25,26). The van der Waals surface area contributed by atoms with Gasteiger partial charge < -0.3 is 20.1 Å². The smallest absolute Gasteiger partial charge is 0.255 e. The first-order valence-corrected chi connectivity index (χ1v) is 10.1. The molecule has 0 aromatic heterocycles. The molecule has 0 bridgehead atoms. The van der Waals surface area contributed by atoms with Gasteiger partial charge in [-0.1, -0.05) is 6.07 Å². The second-order valence-electron chi connectivity index (χ2n) is 7.81. The summed E-state index contributed by atoms with van der Waals surface area (Å²) in [5.41, 5.74) is 3.93. The molecule has 1 atom stereocenters. The van der Waals surface area contributed by atoms with Crippen molar-refractivity contribution in [3.8, 4) is 5.75 Å². The van der Waals surface area contributed by atoms with Crippen molar-refractivity contribution in [3.63, 3.8) is 0 Å². The Bertz CT molecular complexity index is 934. The predicted molar refractivity (Wildman–Crippen MR) is 112 cm³/mol. The van der Waals surface area contributed by atoms with Crippen LogP contribution in [0.5, 0.6) is 5.75 Å². The zero-order valence-corrected chi connectivity index (χ0v) is 16.8. The number of fused-ring (bicyclic) bond motifs is 1. The minimum atomic E-state index is -0.210. The van der Waals surface area contributed by atoms with Crippen molar-refractivity contribution in [1.82, 2.24) is 0 Å². The van der Waals surface area contributed by atoms with Crippen LogP contribution in [0, 0.1) is 12.8 Å². The van der Waals surface area contributed by atoms with Gasteiger partial charge in [0.15, 0.2) is 0 Å². The minimum absolute atomic E-state index is 0.0123. The molecule has 6 nitrogen and oxygen atoms in total. The van der Waals surface area contributed by atoms with Crippen molar-refractivity contribution < 1.29 is 19.1 Å². The number of nitrogens with one attached hydrogen (secondary N) is 2. The van der Waals surface area contributed by atoms with E-state index < -0.39 is 0 Å². The molecular formula is C23H26N2O4. The quantitative estimate of drug-likeness (QED) is 0.824. The van der Waals surface area contributed by atoms with E-state index in [1.54, 1.807) is 12.1 Å². The topological polar surface area (TPSA) is 76.7 Å². The van der Waals surface area contributed by atoms with Crippen LogP contribution in [0.3, 0.4) is 0 Å². The lowest BCUT2D eigenvalue weighted by molar-refractivity contribution is -0.122. The van der Waals surface area contributed by atoms with Gasteiger partial charge in [0.2, 0.25) is 5.91 Å². The van der Waals surface area contributed by atoms with Gasteiger partial charge in [-0.15, -0.1) is 0 Å². The Morgan fingerprint density at radius 3 is 2.62 bits per heavy atom. The van der Waals surface area contributed by atoms with Crippen LogP contribution in [0.1, 0.15) is 41.3 Å². The van der Waals surface area contributed by atoms with Crippen molar-refractivity contribution >= 4 is 23.2 Å². The van der Waals surface area contributed by atoms with Gasteiger partial charge in [0.1, 0.15) is 11.9 Å². The summed E-state index contributed by atoms with van der Waals surface area (Å²) >= 11 is 0. The highest BCUT2D eigenvalue weighted by atomic mass is 16.5. The van der Waals surface area contributed by atoms with Crippen LogP contribution in [0.25, 0.3) is 0 Å². The fourth-order valence-corrected chi connectivity index (χ4v) is 3.80. The summed E-state index contributed by atoms with van der Waals surface area (Å²) in [4.78, 5) is 25.3. The lowest BCUT2D eigenvalue weighted by Gasteiger charge is -2.22. The number of aryl methyl sites for hydroxylation is 1. The Balaban J connectivity index is 1.46. The molecule has 2 aromatic carbocycles. The van der Waals surface area contributed by atoms with Crippen LogP contribution in [0.4, 0.5) is 11.4 Å². The number of benzene rings is 2. The number of hydrogen-bond donors (Lipinski definition) is 2. The highest BCUT2D eigenvalue weighted by molar-refractivity contribution is 6.05. The van der Waals surface area contributed by atoms with E-state index >= 15 is 0 Å². The van der Waals surface area contributed by atoms with Crippen LogP contribution in [-0.4, -0.2) is 31.1 Å². The highest BCUT2D eigenvalue weighted by Crippen LogP contribution is 2.31. The zero-order valence-electron chi connectivity index (χ0n) is 16.8. The molecule has 2 aromatic rings. The number of carbonyl (C=O) groups excluding carboxylic acids is 2. The first kappa shape index (κ1) is 19.5. The molecule has 0 spiro atoms. The molecule has 0 radical (unpaired) electrons. The first-order valence-electron chi connectivity index (χ1n) is 10.1. The first-order chi connectivity index (χ1) is 14.0. The SMILES string of the molecule is Cc1ccc(C(=O)Nc2ccc3c(c2)CC(C)O3)cc1NC(=O)C1CCOCC1. The van der Waals surface area contributed by atoms with Crippen LogP contribution >= 0.6 is 0 Å². The number of anilines is 2. The Hall–Kier alpha value is -2.86. The predicted octanol–water partition coefficient (Wildman–Crippen LogP) is 3.94.